The van der Waals surface area contributed by atoms with Gasteiger partial charge in [0.1, 0.15) is 0 Å². The Bertz CT molecular complexity index is 994. The van der Waals surface area contributed by atoms with E-state index in [1.165, 1.54) is 0 Å². The molecule has 2 aliphatic rings. The van der Waals surface area contributed by atoms with E-state index in [0.29, 0.717) is 38.4 Å². The number of hydrogen-bond donors (Lipinski definition) is 3. The zero-order chi connectivity index (χ0) is 21.6. The van der Waals surface area contributed by atoms with E-state index in [9.17, 15) is 9.59 Å². The average Bonchev–Trinajstić information content (AvgIpc) is 3.18. The Labute approximate surface area is 206 Å². The van der Waals surface area contributed by atoms with E-state index < -0.39 is 0 Å². The number of aliphatic imine (C=N–C) groups is 1. The topological polar surface area (TPSA) is 85.8 Å². The smallest absolute Gasteiger partial charge is 0.225 e. The van der Waals surface area contributed by atoms with Crippen molar-refractivity contribution in [2.24, 2.45) is 4.99 Å². The molecule has 0 aromatic heterocycles. The lowest BCUT2D eigenvalue weighted by Crippen LogP contribution is -2.40. The Kier molecular flexibility index (Phi) is 8.49. The molecule has 2 aliphatic heterocycles. The van der Waals surface area contributed by atoms with Crippen LogP contribution >= 0.6 is 24.0 Å². The van der Waals surface area contributed by atoms with Crippen molar-refractivity contribution in [2.75, 3.05) is 25.5 Å². The summed E-state index contributed by atoms with van der Waals surface area (Å²) in [7, 11) is 1.74. The number of amides is 2. The molecule has 8 heteroatoms. The van der Waals surface area contributed by atoms with Gasteiger partial charge >= 0.3 is 0 Å². The maximum Gasteiger partial charge on any atom is 0.225 e. The van der Waals surface area contributed by atoms with Crippen LogP contribution in [-0.4, -0.2) is 42.8 Å². The molecule has 2 heterocycles. The third-order valence-electron chi connectivity index (χ3n) is 5.84. The van der Waals surface area contributed by atoms with Crippen LogP contribution in [-0.2, 0) is 22.7 Å². The molecule has 0 spiro atoms. The monoisotopic (exact) mass is 547 g/mol. The Morgan fingerprint density at radius 3 is 2.72 bits per heavy atom. The van der Waals surface area contributed by atoms with Crippen LogP contribution in [0.2, 0.25) is 0 Å². The fourth-order valence-corrected chi connectivity index (χ4v) is 4.24. The van der Waals surface area contributed by atoms with Crippen molar-refractivity contribution in [1.29, 1.82) is 0 Å². The first-order valence-corrected chi connectivity index (χ1v) is 10.8. The highest BCUT2D eigenvalue weighted by Gasteiger charge is 2.24. The predicted octanol–water partition coefficient (Wildman–Crippen LogP) is 3.22. The van der Waals surface area contributed by atoms with Crippen LogP contribution in [0.4, 0.5) is 5.69 Å². The van der Waals surface area contributed by atoms with Gasteiger partial charge in [-0.2, -0.15) is 0 Å². The maximum atomic E-state index is 12.0. The van der Waals surface area contributed by atoms with E-state index in [1.807, 2.05) is 29.2 Å². The summed E-state index contributed by atoms with van der Waals surface area (Å²) in [6.07, 6.45) is 2.07. The van der Waals surface area contributed by atoms with Crippen LogP contribution < -0.4 is 16.0 Å². The Hall–Kier alpha value is -2.62. The number of carbonyl (C=O) groups is 2. The van der Waals surface area contributed by atoms with Crippen molar-refractivity contribution in [2.45, 2.75) is 38.3 Å². The van der Waals surface area contributed by atoms with Gasteiger partial charge in [0.2, 0.25) is 11.8 Å². The van der Waals surface area contributed by atoms with Crippen LogP contribution in [0.15, 0.2) is 53.5 Å². The fourth-order valence-electron chi connectivity index (χ4n) is 4.24. The molecule has 7 nitrogen and oxygen atoms in total. The molecule has 1 fully saturated rings. The number of halogens is 1. The van der Waals surface area contributed by atoms with E-state index in [1.54, 1.807) is 7.05 Å². The minimum absolute atomic E-state index is 0. The second-order valence-electron chi connectivity index (χ2n) is 8.08. The van der Waals surface area contributed by atoms with Gasteiger partial charge in [0.15, 0.2) is 5.96 Å². The maximum absolute atomic E-state index is 12.0. The number of hydrogen-bond acceptors (Lipinski definition) is 3. The summed E-state index contributed by atoms with van der Waals surface area (Å²) >= 11 is 0. The standard InChI is InChI=1S/C24H29N5O2.HI/c1-25-24(27-15-19-13-22(30)28-21-9-3-2-8-20(19)21)26-14-17-6-4-7-18(12-17)16-29-11-5-10-23(29)31;/h2-4,6-9,12,19H,5,10-11,13-16H2,1H3,(H,28,30)(H2,25,26,27);1H. The summed E-state index contributed by atoms with van der Waals surface area (Å²) < 4.78 is 0. The largest absolute Gasteiger partial charge is 0.356 e. The van der Waals surface area contributed by atoms with Crippen LogP contribution in [0.25, 0.3) is 0 Å². The van der Waals surface area contributed by atoms with Gasteiger partial charge in [-0.15, -0.1) is 24.0 Å². The number of fused-ring (bicyclic) bond motifs is 1. The van der Waals surface area contributed by atoms with Gasteiger partial charge < -0.3 is 20.9 Å². The number of guanidine groups is 1. The lowest BCUT2D eigenvalue weighted by molar-refractivity contribution is -0.128. The van der Waals surface area contributed by atoms with Crippen molar-refractivity contribution >= 4 is 47.4 Å². The highest BCUT2D eigenvalue weighted by Crippen LogP contribution is 2.31. The average molecular weight is 547 g/mol. The highest BCUT2D eigenvalue weighted by molar-refractivity contribution is 14.0. The van der Waals surface area contributed by atoms with Crippen LogP contribution in [0, 0.1) is 0 Å². The second kappa shape index (κ2) is 11.3. The number of carbonyl (C=O) groups excluding carboxylic acids is 2. The summed E-state index contributed by atoms with van der Waals surface area (Å²) in [5, 5.41) is 9.64. The van der Waals surface area contributed by atoms with Gasteiger partial charge in [0.05, 0.1) is 0 Å². The SMILES string of the molecule is CN=C(NCc1cccc(CN2CCCC2=O)c1)NCC1CC(=O)Nc2ccccc21.I. The van der Waals surface area contributed by atoms with E-state index in [4.69, 9.17) is 0 Å². The molecule has 2 amide bonds. The lowest BCUT2D eigenvalue weighted by atomic mass is 9.90. The molecule has 1 saturated heterocycles. The summed E-state index contributed by atoms with van der Waals surface area (Å²) in [5.41, 5.74) is 4.31. The number of anilines is 1. The van der Waals surface area contributed by atoms with Crippen molar-refractivity contribution in [3.63, 3.8) is 0 Å². The lowest BCUT2D eigenvalue weighted by Gasteiger charge is -2.26. The van der Waals surface area contributed by atoms with Gasteiger partial charge in [-0.25, -0.2) is 0 Å². The third-order valence-corrected chi connectivity index (χ3v) is 5.84. The fraction of sp³-hybridized carbons (Fsp3) is 0.375. The molecule has 1 unspecified atom stereocenters. The van der Waals surface area contributed by atoms with Crippen LogP contribution in [0.3, 0.4) is 0 Å². The molecular weight excluding hydrogens is 517 g/mol. The van der Waals surface area contributed by atoms with Gasteiger partial charge in [0.25, 0.3) is 0 Å². The summed E-state index contributed by atoms with van der Waals surface area (Å²) in [6, 6.07) is 16.2. The molecule has 2 aromatic carbocycles. The number of para-hydroxylation sites is 1. The molecular formula is C24H30IN5O2. The van der Waals surface area contributed by atoms with Gasteiger partial charge in [-0.1, -0.05) is 42.5 Å². The number of rotatable bonds is 6. The summed E-state index contributed by atoms with van der Waals surface area (Å²) in [4.78, 5) is 30.2. The van der Waals surface area contributed by atoms with Crippen LogP contribution in [0.5, 0.6) is 0 Å². The minimum atomic E-state index is 0. The normalized spacial score (nSPS) is 18.0. The predicted molar refractivity (Wildman–Crippen MR) is 137 cm³/mol. The molecule has 1 atom stereocenters. The molecule has 32 heavy (non-hydrogen) atoms. The zero-order valence-corrected chi connectivity index (χ0v) is 20.6. The third kappa shape index (κ3) is 5.99. The van der Waals surface area contributed by atoms with E-state index in [-0.39, 0.29) is 41.7 Å². The van der Waals surface area contributed by atoms with Gasteiger partial charge in [0, 0.05) is 57.7 Å². The van der Waals surface area contributed by atoms with Gasteiger partial charge in [-0.05, 0) is 29.2 Å². The highest BCUT2D eigenvalue weighted by atomic mass is 127. The Morgan fingerprint density at radius 2 is 1.94 bits per heavy atom. The Balaban J connectivity index is 0.00000289. The van der Waals surface area contributed by atoms with Crippen molar-refractivity contribution < 1.29 is 9.59 Å². The number of likely N-dealkylation sites (tertiary alicyclic amines) is 1. The van der Waals surface area contributed by atoms with Crippen molar-refractivity contribution in [1.82, 2.24) is 15.5 Å². The Morgan fingerprint density at radius 1 is 1.12 bits per heavy atom. The second-order valence-corrected chi connectivity index (χ2v) is 8.08. The first-order chi connectivity index (χ1) is 15.1. The number of nitrogens with zero attached hydrogens (tertiary/aromatic N) is 2. The van der Waals surface area contributed by atoms with Gasteiger partial charge in [-0.3, -0.25) is 14.6 Å². The summed E-state index contributed by atoms with van der Waals surface area (Å²) in [6.45, 7) is 2.77. The molecule has 0 aliphatic carbocycles. The van der Waals surface area contributed by atoms with Crippen LogP contribution in [0.1, 0.15) is 41.9 Å². The molecule has 0 radical (unpaired) electrons. The molecule has 0 saturated carbocycles. The number of benzene rings is 2. The van der Waals surface area contributed by atoms with Crippen molar-refractivity contribution in [3.05, 3.63) is 65.2 Å². The molecule has 170 valence electrons. The minimum Gasteiger partial charge on any atom is -0.356 e. The molecule has 4 rings (SSSR count). The number of nitrogens with one attached hydrogen (secondary N) is 3. The molecule has 3 N–H and O–H groups in total. The first-order valence-electron chi connectivity index (χ1n) is 10.8. The first kappa shape index (κ1) is 24.0. The van der Waals surface area contributed by atoms with E-state index in [2.05, 4.69) is 45.2 Å². The summed E-state index contributed by atoms with van der Waals surface area (Å²) in [5.74, 6) is 1.08. The molecule has 2 aromatic rings. The van der Waals surface area contributed by atoms with E-state index in [0.717, 1.165) is 35.3 Å². The van der Waals surface area contributed by atoms with Crippen molar-refractivity contribution in [3.8, 4) is 0 Å². The molecule has 0 bridgehead atoms. The van der Waals surface area contributed by atoms with E-state index >= 15 is 0 Å². The zero-order valence-electron chi connectivity index (χ0n) is 18.3. The quantitative estimate of drug-likeness (QED) is 0.295.